The summed E-state index contributed by atoms with van der Waals surface area (Å²) < 4.78 is 14.8. The summed E-state index contributed by atoms with van der Waals surface area (Å²) in [6.45, 7) is 3.14. The van der Waals surface area contributed by atoms with Crippen molar-refractivity contribution in [1.82, 2.24) is 19.7 Å². The van der Waals surface area contributed by atoms with Gasteiger partial charge in [0.25, 0.3) is 0 Å². The molecule has 0 bridgehead atoms. The van der Waals surface area contributed by atoms with E-state index in [4.69, 9.17) is 0 Å². The van der Waals surface area contributed by atoms with Gasteiger partial charge >= 0.3 is 0 Å². The molecule has 0 aliphatic carbocycles. The Bertz CT molecular complexity index is 841. The molecule has 3 aromatic rings. The van der Waals surface area contributed by atoms with Crippen LogP contribution in [0.1, 0.15) is 17.0 Å². The monoisotopic (exact) mass is 340 g/mol. The van der Waals surface area contributed by atoms with Gasteiger partial charge in [0.05, 0.1) is 30.7 Å². The molecule has 7 heteroatoms. The molecule has 1 aromatic carbocycles. The summed E-state index contributed by atoms with van der Waals surface area (Å²) >= 11 is 0. The molecule has 0 fully saturated rings. The third-order valence-electron chi connectivity index (χ3n) is 3.66. The highest BCUT2D eigenvalue weighted by Gasteiger charge is 2.05. The van der Waals surface area contributed by atoms with E-state index in [1.165, 1.54) is 12.1 Å². The van der Waals surface area contributed by atoms with E-state index in [0.717, 1.165) is 22.6 Å². The lowest BCUT2D eigenvalue weighted by Crippen LogP contribution is -2.15. The van der Waals surface area contributed by atoms with Crippen molar-refractivity contribution >= 4 is 11.6 Å². The minimum Gasteiger partial charge on any atom is -0.377 e. The van der Waals surface area contributed by atoms with Crippen LogP contribution in [0.15, 0.2) is 42.7 Å². The highest BCUT2D eigenvalue weighted by Crippen LogP contribution is 2.12. The molecule has 2 aromatic heterocycles. The minimum absolute atomic E-state index is 0.233. The molecule has 130 valence electrons. The smallest absolute Gasteiger partial charge is 0.225 e. The molecular formula is C18H21FN6. The van der Waals surface area contributed by atoms with E-state index in [1.54, 1.807) is 18.3 Å². The topological polar surface area (TPSA) is 58.9 Å². The maximum absolute atomic E-state index is 13.0. The van der Waals surface area contributed by atoms with Crippen LogP contribution in [-0.4, -0.2) is 33.8 Å². The van der Waals surface area contributed by atoms with Crippen LogP contribution in [0.4, 0.5) is 16.0 Å². The standard InChI is InChI=1S/C18H21FN6/c1-13-8-16(23-18(22-13)24(2)3)9-20-17-10-21-25(12-17)11-14-4-6-15(19)7-5-14/h4-8,10,12,20H,9,11H2,1-3H3. The van der Waals surface area contributed by atoms with E-state index in [-0.39, 0.29) is 5.82 Å². The van der Waals surface area contributed by atoms with Crippen LogP contribution in [0.5, 0.6) is 0 Å². The molecule has 25 heavy (non-hydrogen) atoms. The Morgan fingerprint density at radius 2 is 1.92 bits per heavy atom. The lowest BCUT2D eigenvalue weighted by atomic mass is 10.2. The van der Waals surface area contributed by atoms with Crippen LogP contribution < -0.4 is 10.2 Å². The van der Waals surface area contributed by atoms with Gasteiger partial charge in [0, 0.05) is 26.0 Å². The number of benzene rings is 1. The van der Waals surface area contributed by atoms with Crippen molar-refractivity contribution in [3.05, 3.63) is 65.5 Å². The SMILES string of the molecule is Cc1cc(CNc2cnn(Cc3ccc(F)cc3)c2)nc(N(C)C)n1. The van der Waals surface area contributed by atoms with Crippen molar-refractivity contribution in [3.63, 3.8) is 0 Å². The molecular weight excluding hydrogens is 319 g/mol. The van der Waals surface area contributed by atoms with E-state index < -0.39 is 0 Å². The Morgan fingerprint density at radius 1 is 1.16 bits per heavy atom. The summed E-state index contributed by atoms with van der Waals surface area (Å²) in [5.41, 5.74) is 3.76. The lowest BCUT2D eigenvalue weighted by Gasteiger charge is -2.12. The molecule has 3 rings (SSSR count). The van der Waals surface area contributed by atoms with Crippen LogP contribution in [-0.2, 0) is 13.1 Å². The molecule has 0 atom stereocenters. The Balaban J connectivity index is 1.63. The van der Waals surface area contributed by atoms with Crippen LogP contribution in [0.2, 0.25) is 0 Å². The first-order chi connectivity index (χ1) is 12.0. The van der Waals surface area contributed by atoms with E-state index in [9.17, 15) is 4.39 Å². The van der Waals surface area contributed by atoms with Crippen molar-refractivity contribution in [3.8, 4) is 0 Å². The summed E-state index contributed by atoms with van der Waals surface area (Å²) in [5, 5.41) is 7.65. The first kappa shape index (κ1) is 16.9. The molecule has 0 saturated carbocycles. The zero-order valence-electron chi connectivity index (χ0n) is 14.6. The normalized spacial score (nSPS) is 10.7. The van der Waals surface area contributed by atoms with Gasteiger partial charge in [0.1, 0.15) is 5.82 Å². The van der Waals surface area contributed by atoms with Gasteiger partial charge in [-0.1, -0.05) is 12.1 Å². The maximum atomic E-state index is 13.0. The highest BCUT2D eigenvalue weighted by atomic mass is 19.1. The van der Waals surface area contributed by atoms with Gasteiger partial charge in [-0.3, -0.25) is 4.68 Å². The summed E-state index contributed by atoms with van der Waals surface area (Å²) in [6, 6.07) is 8.39. The van der Waals surface area contributed by atoms with Gasteiger partial charge in [-0.05, 0) is 30.7 Å². The molecule has 2 heterocycles. The second-order valence-electron chi connectivity index (χ2n) is 6.10. The Hall–Kier alpha value is -2.96. The molecule has 6 nitrogen and oxygen atoms in total. The average molecular weight is 340 g/mol. The minimum atomic E-state index is -0.233. The van der Waals surface area contributed by atoms with E-state index in [1.807, 2.05) is 42.9 Å². The molecule has 0 aliphatic heterocycles. The summed E-state index contributed by atoms with van der Waals surface area (Å²) in [6.07, 6.45) is 3.69. The Morgan fingerprint density at radius 3 is 2.64 bits per heavy atom. The third-order valence-corrected chi connectivity index (χ3v) is 3.66. The fraction of sp³-hybridized carbons (Fsp3) is 0.278. The largest absolute Gasteiger partial charge is 0.377 e. The quantitative estimate of drug-likeness (QED) is 0.748. The van der Waals surface area contributed by atoms with Crippen LogP contribution in [0.3, 0.4) is 0 Å². The lowest BCUT2D eigenvalue weighted by molar-refractivity contribution is 0.624. The predicted octanol–water partition coefficient (Wildman–Crippen LogP) is 2.85. The van der Waals surface area contributed by atoms with Gasteiger partial charge in [-0.2, -0.15) is 5.10 Å². The predicted molar refractivity (Wildman–Crippen MR) is 96.2 cm³/mol. The van der Waals surface area contributed by atoms with E-state index in [0.29, 0.717) is 19.0 Å². The number of anilines is 2. The van der Waals surface area contributed by atoms with Gasteiger partial charge in [0.15, 0.2) is 0 Å². The van der Waals surface area contributed by atoms with Crippen LogP contribution in [0.25, 0.3) is 0 Å². The van der Waals surface area contributed by atoms with Crippen molar-refractivity contribution < 1.29 is 4.39 Å². The summed E-state index contributed by atoms with van der Waals surface area (Å²) in [5.74, 6) is 0.465. The van der Waals surface area contributed by atoms with E-state index >= 15 is 0 Å². The highest BCUT2D eigenvalue weighted by molar-refractivity contribution is 5.39. The van der Waals surface area contributed by atoms with Crippen LogP contribution in [0, 0.1) is 12.7 Å². The van der Waals surface area contributed by atoms with Crippen molar-refractivity contribution in [1.29, 1.82) is 0 Å². The number of halogens is 1. The molecule has 0 saturated heterocycles. The molecule has 0 unspecified atom stereocenters. The maximum Gasteiger partial charge on any atom is 0.225 e. The number of hydrogen-bond acceptors (Lipinski definition) is 5. The average Bonchev–Trinajstić information content (AvgIpc) is 3.02. The molecule has 0 amide bonds. The fourth-order valence-electron chi connectivity index (χ4n) is 2.42. The molecule has 1 N–H and O–H groups in total. The van der Waals surface area contributed by atoms with E-state index in [2.05, 4.69) is 20.4 Å². The van der Waals surface area contributed by atoms with Crippen molar-refractivity contribution in [2.45, 2.75) is 20.0 Å². The number of nitrogens with one attached hydrogen (secondary N) is 1. The fourth-order valence-corrected chi connectivity index (χ4v) is 2.42. The second-order valence-corrected chi connectivity index (χ2v) is 6.10. The molecule has 0 aliphatic rings. The van der Waals surface area contributed by atoms with Gasteiger partial charge < -0.3 is 10.2 Å². The first-order valence-electron chi connectivity index (χ1n) is 8.02. The van der Waals surface area contributed by atoms with Crippen molar-refractivity contribution in [2.24, 2.45) is 0 Å². The van der Waals surface area contributed by atoms with Crippen molar-refractivity contribution in [2.75, 3.05) is 24.3 Å². The Kier molecular flexibility index (Phi) is 4.92. The number of rotatable bonds is 6. The Labute approximate surface area is 146 Å². The summed E-state index contributed by atoms with van der Waals surface area (Å²) in [7, 11) is 3.84. The van der Waals surface area contributed by atoms with Gasteiger partial charge in [-0.25, -0.2) is 14.4 Å². The number of nitrogens with zero attached hydrogens (tertiary/aromatic N) is 5. The summed E-state index contributed by atoms with van der Waals surface area (Å²) in [4.78, 5) is 10.8. The number of aromatic nitrogens is 4. The zero-order chi connectivity index (χ0) is 17.8. The number of aryl methyl sites for hydroxylation is 1. The first-order valence-corrected chi connectivity index (χ1v) is 8.02. The number of hydrogen-bond donors (Lipinski definition) is 1. The van der Waals surface area contributed by atoms with Gasteiger partial charge in [-0.15, -0.1) is 0 Å². The molecule has 0 spiro atoms. The molecule has 0 radical (unpaired) electrons. The zero-order valence-corrected chi connectivity index (χ0v) is 14.6. The third kappa shape index (κ3) is 4.53. The van der Waals surface area contributed by atoms with Gasteiger partial charge in [0.2, 0.25) is 5.95 Å². The second kappa shape index (κ2) is 7.29. The van der Waals surface area contributed by atoms with Crippen LogP contribution >= 0.6 is 0 Å².